The van der Waals surface area contributed by atoms with Gasteiger partial charge in [0.15, 0.2) is 5.82 Å². The monoisotopic (exact) mass is 669 g/mol. The van der Waals surface area contributed by atoms with Gasteiger partial charge in [-0.1, -0.05) is 0 Å². The van der Waals surface area contributed by atoms with Crippen molar-refractivity contribution in [2.45, 2.75) is 57.8 Å². The van der Waals surface area contributed by atoms with Gasteiger partial charge in [-0.3, -0.25) is 19.4 Å². The highest BCUT2D eigenvalue weighted by atomic mass is 19.1. The summed E-state index contributed by atoms with van der Waals surface area (Å²) in [6.07, 6.45) is 6.63. The number of carbonyl (C=O) groups is 1. The number of carbonyl (C=O) groups excluding carboxylic acids is 1. The maximum Gasteiger partial charge on any atom is 0.290 e. The molecule has 0 saturated carbocycles. The Morgan fingerprint density at radius 1 is 1.06 bits per heavy atom. The maximum absolute atomic E-state index is 15.6. The number of anilines is 4. The summed E-state index contributed by atoms with van der Waals surface area (Å²) in [6, 6.07) is 8.00. The Labute approximate surface area is 282 Å². The van der Waals surface area contributed by atoms with Crippen LogP contribution in [0.5, 0.6) is 0 Å². The molecular formula is C35H40FN9O4. The SMILES string of the molecule is C[C@H]1CN(C2COC2)CCN1c1ccc(Nc2cc(-c3ccnc(N4CCn5c6c(c(F)c5C4=O)CCCC6)c3CO)nn(C)c2=O)nc1. The first-order valence-corrected chi connectivity index (χ1v) is 17.0. The molecule has 8 rings (SSSR count). The van der Waals surface area contributed by atoms with Gasteiger partial charge in [-0.15, -0.1) is 0 Å². The largest absolute Gasteiger partial charge is 0.392 e. The van der Waals surface area contributed by atoms with E-state index in [1.165, 1.54) is 15.8 Å². The van der Waals surface area contributed by atoms with Gasteiger partial charge in [-0.2, -0.15) is 5.10 Å². The summed E-state index contributed by atoms with van der Waals surface area (Å²) in [6.45, 7) is 6.95. The Hall–Kier alpha value is -4.66. The number of halogens is 1. The number of nitrogens with one attached hydrogen (secondary N) is 1. The number of aryl methyl sites for hydroxylation is 1. The van der Waals surface area contributed by atoms with E-state index in [0.717, 1.165) is 63.5 Å². The van der Waals surface area contributed by atoms with E-state index in [1.54, 1.807) is 19.2 Å². The van der Waals surface area contributed by atoms with E-state index in [1.807, 2.05) is 22.9 Å². The molecular weight excluding hydrogens is 629 g/mol. The van der Waals surface area contributed by atoms with Crippen molar-refractivity contribution in [2.24, 2.45) is 7.05 Å². The van der Waals surface area contributed by atoms with Gasteiger partial charge in [0.2, 0.25) is 0 Å². The second-order valence-electron chi connectivity index (χ2n) is 13.3. The number of nitrogens with zero attached hydrogens (tertiary/aromatic N) is 8. The fourth-order valence-electron chi connectivity index (χ4n) is 7.75. The van der Waals surface area contributed by atoms with Gasteiger partial charge in [0, 0.05) is 74.4 Å². The minimum absolute atomic E-state index is 0.0555. The number of ether oxygens (including phenoxy) is 1. The molecule has 0 aromatic carbocycles. The summed E-state index contributed by atoms with van der Waals surface area (Å²) in [7, 11) is 1.55. The summed E-state index contributed by atoms with van der Waals surface area (Å²) < 4.78 is 24.0. The molecule has 1 amide bonds. The third-order valence-corrected chi connectivity index (χ3v) is 10.4. The second-order valence-corrected chi connectivity index (χ2v) is 13.3. The Balaban J connectivity index is 1.05. The van der Waals surface area contributed by atoms with Gasteiger partial charge in [0.25, 0.3) is 11.5 Å². The summed E-state index contributed by atoms with van der Waals surface area (Å²) >= 11 is 0. The molecule has 3 aliphatic heterocycles. The molecule has 4 aliphatic rings. The van der Waals surface area contributed by atoms with Crippen molar-refractivity contribution >= 4 is 28.9 Å². The van der Waals surface area contributed by atoms with E-state index >= 15 is 4.39 Å². The predicted octanol–water partition coefficient (Wildman–Crippen LogP) is 2.86. The first kappa shape index (κ1) is 31.6. The first-order chi connectivity index (χ1) is 23.8. The maximum atomic E-state index is 15.6. The lowest BCUT2D eigenvalue weighted by Crippen LogP contribution is -2.59. The number of aliphatic hydroxyl groups is 1. The molecule has 0 radical (unpaired) electrons. The van der Waals surface area contributed by atoms with Crippen LogP contribution in [0.4, 0.5) is 27.4 Å². The highest BCUT2D eigenvalue weighted by molar-refractivity contribution is 6.06. The van der Waals surface area contributed by atoms with Crippen LogP contribution in [0.25, 0.3) is 11.3 Å². The molecule has 256 valence electrons. The zero-order valence-corrected chi connectivity index (χ0v) is 27.7. The number of rotatable bonds is 7. The number of pyridine rings is 2. The van der Waals surface area contributed by atoms with Gasteiger partial charge in [0.1, 0.15) is 23.0 Å². The fraction of sp³-hybridized carbons (Fsp3) is 0.457. The number of fused-ring (bicyclic) bond motifs is 3. The van der Waals surface area contributed by atoms with Crippen LogP contribution in [0.3, 0.4) is 0 Å². The van der Waals surface area contributed by atoms with E-state index in [0.29, 0.717) is 53.3 Å². The van der Waals surface area contributed by atoms with Gasteiger partial charge < -0.3 is 24.6 Å². The van der Waals surface area contributed by atoms with Gasteiger partial charge in [-0.05, 0) is 56.9 Å². The average Bonchev–Trinajstić information content (AvgIpc) is 3.38. The van der Waals surface area contributed by atoms with Crippen LogP contribution in [0.1, 0.15) is 47.1 Å². The predicted molar refractivity (Wildman–Crippen MR) is 182 cm³/mol. The topological polar surface area (TPSA) is 134 Å². The van der Waals surface area contributed by atoms with Crippen molar-refractivity contribution in [2.75, 3.05) is 54.5 Å². The Kier molecular flexibility index (Phi) is 8.16. The van der Waals surface area contributed by atoms with Gasteiger partial charge in [0.05, 0.1) is 43.4 Å². The summed E-state index contributed by atoms with van der Waals surface area (Å²) in [5.74, 6) is -0.180. The van der Waals surface area contributed by atoms with Crippen LogP contribution in [-0.4, -0.2) is 91.7 Å². The van der Waals surface area contributed by atoms with Crippen molar-refractivity contribution in [3.63, 3.8) is 0 Å². The van der Waals surface area contributed by atoms with Crippen molar-refractivity contribution in [1.29, 1.82) is 0 Å². The molecule has 7 heterocycles. The summed E-state index contributed by atoms with van der Waals surface area (Å²) in [5.41, 5.74) is 3.79. The molecule has 1 atom stereocenters. The van der Waals surface area contributed by atoms with Crippen LogP contribution in [-0.2, 0) is 37.8 Å². The van der Waals surface area contributed by atoms with Crippen molar-refractivity contribution in [3.05, 3.63) is 75.3 Å². The first-order valence-electron chi connectivity index (χ1n) is 17.0. The number of aromatic nitrogens is 5. The van der Waals surface area contributed by atoms with Crippen LogP contribution >= 0.6 is 0 Å². The number of amides is 1. The van der Waals surface area contributed by atoms with Gasteiger partial charge in [-0.25, -0.2) is 19.0 Å². The lowest BCUT2D eigenvalue weighted by atomic mass is 9.97. The molecule has 4 aromatic rings. The molecule has 2 fully saturated rings. The van der Waals surface area contributed by atoms with Crippen LogP contribution in [0.2, 0.25) is 0 Å². The quantitative estimate of drug-likeness (QED) is 0.303. The molecule has 13 nitrogen and oxygen atoms in total. The fourth-order valence-corrected chi connectivity index (χ4v) is 7.75. The van der Waals surface area contributed by atoms with E-state index in [2.05, 4.69) is 37.1 Å². The minimum Gasteiger partial charge on any atom is -0.392 e. The number of hydrogen-bond donors (Lipinski definition) is 2. The average molecular weight is 670 g/mol. The molecule has 2 N–H and O–H groups in total. The molecule has 0 unspecified atom stereocenters. The Morgan fingerprint density at radius 2 is 1.90 bits per heavy atom. The molecule has 0 bridgehead atoms. The third-order valence-electron chi connectivity index (χ3n) is 10.4. The van der Waals surface area contributed by atoms with E-state index in [-0.39, 0.29) is 29.3 Å². The van der Waals surface area contributed by atoms with Gasteiger partial charge >= 0.3 is 0 Å². The van der Waals surface area contributed by atoms with Crippen LogP contribution in [0.15, 0.2) is 41.5 Å². The molecule has 2 saturated heterocycles. The molecule has 49 heavy (non-hydrogen) atoms. The second kappa shape index (κ2) is 12.7. The number of hydrogen-bond acceptors (Lipinski definition) is 10. The normalized spacial score (nSPS) is 19.8. The summed E-state index contributed by atoms with van der Waals surface area (Å²) in [4.78, 5) is 42.4. The van der Waals surface area contributed by atoms with E-state index < -0.39 is 18.3 Å². The zero-order chi connectivity index (χ0) is 33.8. The highest BCUT2D eigenvalue weighted by Gasteiger charge is 2.37. The van der Waals surface area contributed by atoms with Crippen molar-refractivity contribution in [1.82, 2.24) is 29.2 Å². The molecule has 4 aromatic heterocycles. The van der Waals surface area contributed by atoms with Crippen molar-refractivity contribution < 1.29 is 19.0 Å². The van der Waals surface area contributed by atoms with E-state index in [4.69, 9.17) is 4.74 Å². The molecule has 0 spiro atoms. The smallest absolute Gasteiger partial charge is 0.290 e. The van der Waals surface area contributed by atoms with Crippen LogP contribution in [0, 0.1) is 5.82 Å². The van der Waals surface area contributed by atoms with Crippen molar-refractivity contribution in [3.8, 4) is 11.3 Å². The summed E-state index contributed by atoms with van der Waals surface area (Å²) in [5, 5.41) is 18.2. The Bertz CT molecular complexity index is 1970. The lowest BCUT2D eigenvalue weighted by Gasteiger charge is -2.46. The standard InChI is InChI=1S/C35H40FN9O4/c1-21-17-42(23-19-49-20-23)11-12-43(21)22-7-8-30(38-16-22)39-28-15-27(40-41(2)34(28)47)24-9-10-37-33(26(24)18-46)45-14-13-44-29-6-4-3-5-25(29)31(36)32(44)35(45)48/h7-10,15-16,21,23,46H,3-6,11-14,17-20H2,1-2H3,(H,38,39)/t21-/m0/s1. The molecule has 1 aliphatic carbocycles. The Morgan fingerprint density at radius 3 is 2.63 bits per heavy atom. The molecule has 14 heteroatoms. The van der Waals surface area contributed by atoms with E-state index in [9.17, 15) is 14.7 Å². The number of piperazine rings is 1. The van der Waals surface area contributed by atoms with Crippen LogP contribution < -0.4 is 20.7 Å². The third kappa shape index (κ3) is 5.47. The number of aliphatic hydroxyl groups excluding tert-OH is 1. The lowest BCUT2D eigenvalue weighted by molar-refractivity contribution is -0.0691. The zero-order valence-electron chi connectivity index (χ0n) is 27.7. The minimum atomic E-state index is -0.480. The highest BCUT2D eigenvalue weighted by Crippen LogP contribution is 2.36.